The maximum atomic E-state index is 12.4. The van der Waals surface area contributed by atoms with Gasteiger partial charge in [0.05, 0.1) is 19.3 Å². The maximum Gasteiger partial charge on any atom is 0.197 e. The summed E-state index contributed by atoms with van der Waals surface area (Å²) in [5.41, 5.74) is -0.166. The van der Waals surface area contributed by atoms with Crippen molar-refractivity contribution in [2.75, 3.05) is 7.11 Å². The largest absolute Gasteiger partial charge is 0.507 e. The third kappa shape index (κ3) is 3.35. The lowest BCUT2D eigenvalue weighted by molar-refractivity contribution is -0.134. The van der Waals surface area contributed by atoms with E-state index in [-0.39, 0.29) is 35.1 Å². The summed E-state index contributed by atoms with van der Waals surface area (Å²) >= 11 is 0. The first-order chi connectivity index (χ1) is 10.8. The van der Waals surface area contributed by atoms with Crippen molar-refractivity contribution in [2.45, 2.75) is 33.0 Å². The molecule has 1 N–H and O–H groups in total. The molecular formula is C18H20O5. The molecule has 0 bridgehead atoms. The zero-order valence-electron chi connectivity index (χ0n) is 13.7. The highest BCUT2D eigenvalue weighted by Crippen LogP contribution is 2.31. The molecule has 0 amide bonds. The molecule has 1 aromatic rings. The van der Waals surface area contributed by atoms with Gasteiger partial charge in [-0.25, -0.2) is 0 Å². The van der Waals surface area contributed by atoms with Crippen LogP contribution in [0.25, 0.3) is 0 Å². The first-order valence-corrected chi connectivity index (χ1v) is 7.24. The molecule has 0 saturated heterocycles. The topological polar surface area (TPSA) is 72.8 Å². The number of aliphatic hydroxyl groups is 1. The van der Waals surface area contributed by atoms with Gasteiger partial charge in [0.15, 0.2) is 11.6 Å². The van der Waals surface area contributed by atoms with E-state index in [2.05, 4.69) is 0 Å². The Bertz CT molecular complexity index is 697. The van der Waals surface area contributed by atoms with E-state index in [9.17, 15) is 14.7 Å². The Hall–Kier alpha value is -2.40. The van der Waals surface area contributed by atoms with Gasteiger partial charge in [0.1, 0.15) is 17.1 Å². The van der Waals surface area contributed by atoms with E-state index in [1.165, 1.54) is 19.9 Å². The molecular weight excluding hydrogens is 296 g/mol. The minimum atomic E-state index is -1.28. The van der Waals surface area contributed by atoms with E-state index < -0.39 is 5.60 Å². The predicted molar refractivity (Wildman–Crippen MR) is 85.3 cm³/mol. The number of ketones is 2. The van der Waals surface area contributed by atoms with Crippen LogP contribution >= 0.6 is 0 Å². The van der Waals surface area contributed by atoms with Crippen molar-refractivity contribution in [1.29, 1.82) is 0 Å². The first kappa shape index (κ1) is 17.0. The molecule has 1 aliphatic rings. The van der Waals surface area contributed by atoms with Crippen LogP contribution in [0.15, 0.2) is 47.2 Å². The third-order valence-corrected chi connectivity index (χ3v) is 3.90. The average Bonchev–Trinajstić information content (AvgIpc) is 2.55. The average molecular weight is 316 g/mol. The molecule has 5 nitrogen and oxygen atoms in total. The minimum absolute atomic E-state index is 0.110. The van der Waals surface area contributed by atoms with Gasteiger partial charge in [0.2, 0.25) is 0 Å². The van der Waals surface area contributed by atoms with Gasteiger partial charge in [0.25, 0.3) is 0 Å². The van der Waals surface area contributed by atoms with Crippen LogP contribution in [0.1, 0.15) is 26.3 Å². The van der Waals surface area contributed by atoms with Crippen LogP contribution in [0.4, 0.5) is 0 Å². The van der Waals surface area contributed by atoms with Crippen LogP contribution in [0.3, 0.4) is 0 Å². The van der Waals surface area contributed by atoms with E-state index in [4.69, 9.17) is 9.47 Å². The molecule has 0 spiro atoms. The summed E-state index contributed by atoms with van der Waals surface area (Å²) in [6.45, 7) is 4.62. The van der Waals surface area contributed by atoms with Gasteiger partial charge in [-0.05, 0) is 44.5 Å². The van der Waals surface area contributed by atoms with Crippen molar-refractivity contribution >= 4 is 11.6 Å². The molecule has 0 aliphatic heterocycles. The summed E-state index contributed by atoms with van der Waals surface area (Å²) in [5.74, 6) is -0.202. The molecule has 5 heteroatoms. The quantitative estimate of drug-likeness (QED) is 0.904. The van der Waals surface area contributed by atoms with E-state index in [1.54, 1.807) is 26.2 Å². The Labute approximate surface area is 135 Å². The summed E-state index contributed by atoms with van der Waals surface area (Å²) in [7, 11) is 1.59. The molecule has 23 heavy (non-hydrogen) atoms. The van der Waals surface area contributed by atoms with Gasteiger partial charge < -0.3 is 14.6 Å². The Kier molecular flexibility index (Phi) is 4.71. The number of aliphatic hydroxyl groups excluding tert-OH is 1. The van der Waals surface area contributed by atoms with Gasteiger partial charge in [-0.15, -0.1) is 0 Å². The van der Waals surface area contributed by atoms with Crippen molar-refractivity contribution in [1.82, 2.24) is 0 Å². The summed E-state index contributed by atoms with van der Waals surface area (Å²) < 4.78 is 10.9. The fourth-order valence-corrected chi connectivity index (χ4v) is 2.42. The van der Waals surface area contributed by atoms with Gasteiger partial charge >= 0.3 is 0 Å². The number of hydrogen-bond acceptors (Lipinski definition) is 5. The van der Waals surface area contributed by atoms with Crippen molar-refractivity contribution in [3.05, 3.63) is 52.8 Å². The summed E-state index contributed by atoms with van der Waals surface area (Å²) in [5, 5.41) is 9.95. The van der Waals surface area contributed by atoms with Gasteiger partial charge in [0, 0.05) is 5.57 Å². The highest BCUT2D eigenvalue weighted by Gasteiger charge is 2.39. The molecule has 2 rings (SSSR count). The van der Waals surface area contributed by atoms with E-state index >= 15 is 0 Å². The molecule has 0 saturated carbocycles. The fourth-order valence-electron chi connectivity index (χ4n) is 2.42. The third-order valence-electron chi connectivity index (χ3n) is 3.90. The first-order valence-electron chi connectivity index (χ1n) is 7.24. The SMILES string of the molecule is COc1ccc(CO[C@@]2(C)C=C(C(C)=O)C(O)=C(C)C2=O)cc1. The van der Waals surface area contributed by atoms with E-state index in [0.717, 1.165) is 11.3 Å². The van der Waals surface area contributed by atoms with Crippen molar-refractivity contribution in [3.63, 3.8) is 0 Å². The summed E-state index contributed by atoms with van der Waals surface area (Å²) in [4.78, 5) is 24.1. The smallest absolute Gasteiger partial charge is 0.197 e. The lowest BCUT2D eigenvalue weighted by atomic mass is 9.84. The molecule has 0 radical (unpaired) electrons. The Morgan fingerprint density at radius 2 is 1.87 bits per heavy atom. The van der Waals surface area contributed by atoms with E-state index in [0.29, 0.717) is 0 Å². The van der Waals surface area contributed by atoms with Crippen molar-refractivity contribution in [2.24, 2.45) is 0 Å². The number of benzene rings is 1. The van der Waals surface area contributed by atoms with Crippen LogP contribution in [0.5, 0.6) is 5.75 Å². The minimum Gasteiger partial charge on any atom is -0.507 e. The Morgan fingerprint density at radius 3 is 2.39 bits per heavy atom. The molecule has 1 aromatic carbocycles. The molecule has 1 aliphatic carbocycles. The zero-order chi connectivity index (χ0) is 17.2. The Balaban J connectivity index is 2.23. The number of carbonyl (C=O) groups is 2. The van der Waals surface area contributed by atoms with Crippen molar-refractivity contribution < 1.29 is 24.2 Å². The molecule has 0 aromatic heterocycles. The molecule has 1 atom stereocenters. The van der Waals surface area contributed by atoms with Crippen LogP contribution in [-0.2, 0) is 20.9 Å². The highest BCUT2D eigenvalue weighted by molar-refractivity contribution is 6.10. The molecule has 0 fully saturated rings. The second-order valence-corrected chi connectivity index (χ2v) is 5.66. The van der Waals surface area contributed by atoms with Gasteiger partial charge in [-0.2, -0.15) is 0 Å². The van der Waals surface area contributed by atoms with Crippen molar-refractivity contribution in [3.8, 4) is 5.75 Å². The van der Waals surface area contributed by atoms with E-state index in [1.807, 2.05) is 12.1 Å². The van der Waals surface area contributed by atoms with Gasteiger partial charge in [-0.1, -0.05) is 12.1 Å². The number of ether oxygens (including phenoxy) is 2. The second-order valence-electron chi connectivity index (χ2n) is 5.66. The second kappa shape index (κ2) is 6.38. The van der Waals surface area contributed by atoms with Crippen LogP contribution in [-0.4, -0.2) is 29.4 Å². The summed E-state index contributed by atoms with van der Waals surface area (Å²) in [6, 6.07) is 7.28. The number of Topliss-reactive ketones (excluding diaryl/α,β-unsaturated/α-hetero) is 2. The molecule has 0 heterocycles. The standard InChI is InChI=1S/C18H20O5/c1-11-16(20)15(12(2)19)9-18(3,17(11)21)23-10-13-5-7-14(22-4)8-6-13/h5-9,20H,10H2,1-4H3/t18-/m0/s1. The Morgan fingerprint density at radius 1 is 1.26 bits per heavy atom. The number of methoxy groups -OCH3 is 1. The van der Waals surface area contributed by atoms with Crippen LogP contribution < -0.4 is 4.74 Å². The fraction of sp³-hybridized carbons (Fsp3) is 0.333. The van der Waals surface area contributed by atoms with Gasteiger partial charge in [-0.3, -0.25) is 9.59 Å². The maximum absolute atomic E-state index is 12.4. The zero-order valence-corrected chi connectivity index (χ0v) is 13.7. The number of rotatable bonds is 5. The van der Waals surface area contributed by atoms with Crippen LogP contribution in [0, 0.1) is 0 Å². The number of allylic oxidation sites excluding steroid dienone is 1. The monoisotopic (exact) mass is 316 g/mol. The number of carbonyl (C=O) groups excluding carboxylic acids is 2. The normalized spacial score (nSPS) is 21.2. The van der Waals surface area contributed by atoms with Crippen LogP contribution in [0.2, 0.25) is 0 Å². The molecule has 122 valence electrons. The summed E-state index contributed by atoms with van der Waals surface area (Å²) in [6.07, 6.45) is 1.39. The predicted octanol–water partition coefficient (Wildman–Crippen LogP) is 2.90. The molecule has 0 unspecified atom stereocenters. The number of hydrogen-bond donors (Lipinski definition) is 1. The lowest BCUT2D eigenvalue weighted by Gasteiger charge is -2.30. The lowest BCUT2D eigenvalue weighted by Crippen LogP contribution is -2.40. The highest BCUT2D eigenvalue weighted by atomic mass is 16.5.